The van der Waals surface area contributed by atoms with Gasteiger partial charge in [-0.25, -0.2) is 0 Å². The average molecular weight is 524 g/mol. The normalized spacial score (nSPS) is 38.0. The zero-order valence-corrected chi connectivity index (χ0v) is 22.5. The van der Waals surface area contributed by atoms with E-state index in [1.807, 2.05) is 13.2 Å². The topological polar surface area (TPSA) is 114 Å². The lowest BCUT2D eigenvalue weighted by molar-refractivity contribution is -0.276. The molecular formula is C30H41N3O5. The first kappa shape index (κ1) is 24.7. The van der Waals surface area contributed by atoms with Gasteiger partial charge in [0, 0.05) is 61.4 Å². The van der Waals surface area contributed by atoms with E-state index in [0.717, 1.165) is 44.6 Å². The van der Waals surface area contributed by atoms with Crippen LogP contribution in [0, 0.1) is 17.3 Å². The Kier molecular flexibility index (Phi) is 5.58. The number of piperidine rings is 1. The molecule has 5 fully saturated rings. The molecule has 1 saturated heterocycles. The van der Waals surface area contributed by atoms with E-state index in [-0.39, 0.29) is 40.4 Å². The highest BCUT2D eigenvalue weighted by Gasteiger charge is 2.80. The van der Waals surface area contributed by atoms with E-state index in [0.29, 0.717) is 44.0 Å². The molecule has 0 radical (unpaired) electrons. The Morgan fingerprint density at radius 1 is 1.21 bits per heavy atom. The van der Waals surface area contributed by atoms with Crippen molar-refractivity contribution < 1.29 is 24.2 Å². The Morgan fingerprint density at radius 2 is 2.03 bits per heavy atom. The molecule has 38 heavy (non-hydrogen) atoms. The van der Waals surface area contributed by atoms with Gasteiger partial charge in [0.2, 0.25) is 11.8 Å². The molecule has 0 unspecified atom stereocenters. The van der Waals surface area contributed by atoms with Gasteiger partial charge in [-0.15, -0.1) is 0 Å². The lowest BCUT2D eigenvalue weighted by atomic mass is 9.35. The van der Waals surface area contributed by atoms with Crippen LogP contribution in [-0.2, 0) is 26.2 Å². The molecule has 2 amide bonds. The van der Waals surface area contributed by atoms with Crippen molar-refractivity contribution in [3.05, 3.63) is 23.3 Å². The predicted molar refractivity (Wildman–Crippen MR) is 141 cm³/mol. The molecule has 1 aromatic carbocycles. The molecule has 1 aromatic rings. The lowest BCUT2D eigenvalue weighted by Crippen LogP contribution is -2.81. The molecule has 2 heterocycles. The fourth-order valence-corrected chi connectivity index (χ4v) is 9.70. The zero-order chi connectivity index (χ0) is 26.3. The van der Waals surface area contributed by atoms with Gasteiger partial charge in [-0.05, 0) is 81.9 Å². The number of likely N-dealkylation sites (tertiary alicyclic amines) is 1. The number of hydrogen-bond donors (Lipinski definition) is 3. The number of aromatic hydroxyl groups is 1. The predicted octanol–water partition coefficient (Wildman–Crippen LogP) is 2.78. The van der Waals surface area contributed by atoms with Crippen molar-refractivity contribution in [1.29, 1.82) is 0 Å². The minimum Gasteiger partial charge on any atom is -0.504 e. The number of fused-ring (bicyclic) bond motifs is 2. The number of hydrogen-bond acceptors (Lipinski definition) is 6. The fourth-order valence-electron chi connectivity index (χ4n) is 9.70. The number of benzene rings is 1. The number of nitrogens with zero attached hydrogens (tertiary/aromatic N) is 1. The molecule has 8 nitrogen and oxygen atoms in total. The number of primary amides is 1. The minimum atomic E-state index is -0.510. The van der Waals surface area contributed by atoms with Gasteiger partial charge in [-0.2, -0.15) is 0 Å². The van der Waals surface area contributed by atoms with Gasteiger partial charge in [0.15, 0.2) is 11.5 Å². The molecule has 2 aliphatic heterocycles. The maximum atomic E-state index is 12.8. The van der Waals surface area contributed by atoms with E-state index in [9.17, 15) is 14.7 Å². The first-order chi connectivity index (χ1) is 18.3. The molecule has 8 rings (SSSR count). The van der Waals surface area contributed by atoms with Gasteiger partial charge >= 0.3 is 0 Å². The van der Waals surface area contributed by atoms with Crippen molar-refractivity contribution in [3.8, 4) is 11.5 Å². The molecule has 4 saturated carbocycles. The van der Waals surface area contributed by atoms with Gasteiger partial charge in [0.05, 0.1) is 0 Å². The second-order valence-corrected chi connectivity index (χ2v) is 13.0. The summed E-state index contributed by atoms with van der Waals surface area (Å²) in [6.45, 7) is 2.82. The molecule has 206 valence electrons. The average Bonchev–Trinajstić information content (AvgIpc) is 3.65. The maximum Gasteiger partial charge on any atom is 0.220 e. The van der Waals surface area contributed by atoms with E-state index in [1.165, 1.54) is 30.5 Å². The summed E-state index contributed by atoms with van der Waals surface area (Å²) in [6.07, 6.45) is 9.60. The minimum absolute atomic E-state index is 0.0177. The van der Waals surface area contributed by atoms with Crippen molar-refractivity contribution in [2.45, 2.75) is 93.8 Å². The smallest absolute Gasteiger partial charge is 0.220 e. The standard InChI is InChI=1S/C30H41N3O5/c1-37-30-11-10-28(15-20(30)16-32-24(36)5-3-2-4-23(31)35)22-14-19-8-9-21(34)26-25(19)29(28,27(30)38-26)12-13-33(22)17-18-6-7-18/h8-9,18,20,22,27,34H,2-7,10-17H2,1H3,(H2,31,35)(H,32,36)/t20-,22-,27-,28-,29+,30-/m1/s1. The highest BCUT2D eigenvalue weighted by molar-refractivity contribution is 5.76. The third-order valence-corrected chi connectivity index (χ3v) is 11.4. The number of ether oxygens (including phenoxy) is 2. The number of amides is 2. The quantitative estimate of drug-likeness (QED) is 0.407. The summed E-state index contributed by atoms with van der Waals surface area (Å²) in [4.78, 5) is 26.6. The van der Waals surface area contributed by atoms with E-state index in [4.69, 9.17) is 15.2 Å². The van der Waals surface area contributed by atoms with Crippen LogP contribution in [0.2, 0.25) is 0 Å². The van der Waals surface area contributed by atoms with Crippen LogP contribution in [0.5, 0.6) is 11.5 Å². The number of phenolic OH excluding ortho intramolecular Hbond substituents is 1. The fraction of sp³-hybridized carbons (Fsp3) is 0.733. The van der Waals surface area contributed by atoms with Gasteiger partial charge in [0.1, 0.15) is 11.7 Å². The number of unbranched alkanes of at least 4 members (excludes halogenated alkanes) is 1. The first-order valence-corrected chi connectivity index (χ1v) is 14.7. The molecule has 2 spiro atoms. The number of methoxy groups -OCH3 is 1. The van der Waals surface area contributed by atoms with Gasteiger partial charge in [-0.3, -0.25) is 14.5 Å². The van der Waals surface area contributed by atoms with Crippen LogP contribution >= 0.6 is 0 Å². The second kappa shape index (κ2) is 8.59. The maximum absolute atomic E-state index is 12.8. The van der Waals surface area contributed by atoms with Crippen molar-refractivity contribution in [2.75, 3.05) is 26.7 Å². The van der Waals surface area contributed by atoms with Crippen LogP contribution in [0.15, 0.2) is 12.1 Å². The highest BCUT2D eigenvalue weighted by atomic mass is 16.6. The summed E-state index contributed by atoms with van der Waals surface area (Å²) in [7, 11) is 1.81. The molecule has 6 atom stereocenters. The summed E-state index contributed by atoms with van der Waals surface area (Å²) >= 11 is 0. The summed E-state index contributed by atoms with van der Waals surface area (Å²) in [6, 6.07) is 4.41. The van der Waals surface area contributed by atoms with Gasteiger partial charge < -0.3 is 25.6 Å². The van der Waals surface area contributed by atoms with Crippen molar-refractivity contribution in [2.24, 2.45) is 23.0 Å². The summed E-state index contributed by atoms with van der Waals surface area (Å²) in [5, 5.41) is 14.2. The lowest BCUT2D eigenvalue weighted by Gasteiger charge is -2.74. The molecular weight excluding hydrogens is 482 g/mol. The van der Waals surface area contributed by atoms with Crippen LogP contribution in [0.25, 0.3) is 0 Å². The molecule has 4 bridgehead atoms. The zero-order valence-electron chi connectivity index (χ0n) is 22.5. The van der Waals surface area contributed by atoms with Crippen LogP contribution in [0.1, 0.15) is 75.3 Å². The number of nitrogens with two attached hydrogens (primary N) is 1. The molecule has 4 N–H and O–H groups in total. The van der Waals surface area contributed by atoms with Crippen molar-refractivity contribution >= 4 is 11.8 Å². The Hall–Kier alpha value is -2.32. The number of phenols is 1. The Labute approximate surface area is 224 Å². The van der Waals surface area contributed by atoms with E-state index < -0.39 is 5.60 Å². The second-order valence-electron chi connectivity index (χ2n) is 13.0. The van der Waals surface area contributed by atoms with Gasteiger partial charge in [0.25, 0.3) is 0 Å². The monoisotopic (exact) mass is 523 g/mol. The third-order valence-electron chi connectivity index (χ3n) is 11.4. The highest BCUT2D eigenvalue weighted by Crippen LogP contribution is 2.76. The Balaban J connectivity index is 1.22. The van der Waals surface area contributed by atoms with Crippen LogP contribution in [-0.4, -0.2) is 66.3 Å². The molecule has 0 aromatic heterocycles. The van der Waals surface area contributed by atoms with Crippen LogP contribution in [0.3, 0.4) is 0 Å². The first-order valence-electron chi connectivity index (χ1n) is 14.7. The van der Waals surface area contributed by atoms with E-state index in [2.05, 4.69) is 16.3 Å². The van der Waals surface area contributed by atoms with Crippen LogP contribution in [0.4, 0.5) is 0 Å². The molecule has 5 aliphatic carbocycles. The van der Waals surface area contributed by atoms with Crippen LogP contribution < -0.4 is 15.8 Å². The van der Waals surface area contributed by atoms with Gasteiger partial charge in [-0.1, -0.05) is 6.07 Å². The molecule has 7 aliphatic rings. The Morgan fingerprint density at radius 3 is 2.79 bits per heavy atom. The van der Waals surface area contributed by atoms with E-state index in [1.54, 1.807) is 0 Å². The number of carbonyl (C=O) groups is 2. The summed E-state index contributed by atoms with van der Waals surface area (Å²) < 4.78 is 13.3. The largest absolute Gasteiger partial charge is 0.504 e. The number of nitrogens with one attached hydrogen (secondary N) is 1. The van der Waals surface area contributed by atoms with E-state index >= 15 is 0 Å². The summed E-state index contributed by atoms with van der Waals surface area (Å²) in [5.74, 6) is 1.60. The van der Waals surface area contributed by atoms with Crippen molar-refractivity contribution in [1.82, 2.24) is 10.2 Å². The number of carbonyl (C=O) groups excluding carboxylic acids is 2. The number of rotatable bonds is 10. The third kappa shape index (κ3) is 3.22. The molecule has 8 heteroatoms. The van der Waals surface area contributed by atoms with Crippen molar-refractivity contribution in [3.63, 3.8) is 0 Å². The Bertz CT molecular complexity index is 1170. The SMILES string of the molecule is CO[C@]12CC[C@@]3(C[C@@H]1CNC(=O)CCCCC(N)=O)[C@H]1Cc4ccc(O)c5c4[C@@]3(CCN1CC1CC1)[C@H]2O5. The summed E-state index contributed by atoms with van der Waals surface area (Å²) in [5.41, 5.74) is 7.24.